The number of morpholine rings is 1. The average molecular weight is 280 g/mol. The molecular weight excluding hydrogens is 252 g/mol. The molecule has 0 saturated carbocycles. The third-order valence-corrected chi connectivity index (χ3v) is 3.84. The molecule has 0 spiro atoms. The van der Waals surface area contributed by atoms with Gasteiger partial charge in [0.15, 0.2) is 0 Å². The van der Waals surface area contributed by atoms with Gasteiger partial charge in [0.25, 0.3) is 0 Å². The summed E-state index contributed by atoms with van der Waals surface area (Å²) in [6.07, 6.45) is 2.42. The van der Waals surface area contributed by atoms with Crippen LogP contribution >= 0.6 is 0 Å². The Morgan fingerprint density at radius 2 is 2.30 bits per heavy atom. The van der Waals surface area contributed by atoms with E-state index in [1.54, 1.807) is 0 Å². The van der Waals surface area contributed by atoms with E-state index in [9.17, 15) is 0 Å². The number of aromatic nitrogens is 2. The summed E-state index contributed by atoms with van der Waals surface area (Å²) in [6.45, 7) is 12.4. The summed E-state index contributed by atoms with van der Waals surface area (Å²) in [7, 11) is 1.98. The van der Waals surface area contributed by atoms with Gasteiger partial charge in [0.2, 0.25) is 0 Å². The van der Waals surface area contributed by atoms with Crippen molar-refractivity contribution >= 4 is 0 Å². The fraction of sp³-hybridized carbons (Fsp3) is 0.800. The number of likely N-dealkylation sites (N-methyl/N-ethyl adjacent to an activating group) is 1. The molecule has 5 heteroatoms. The van der Waals surface area contributed by atoms with Gasteiger partial charge >= 0.3 is 0 Å². The number of ether oxygens (including phenoxy) is 1. The zero-order valence-corrected chi connectivity index (χ0v) is 13.2. The van der Waals surface area contributed by atoms with Gasteiger partial charge in [-0.15, -0.1) is 0 Å². The summed E-state index contributed by atoms with van der Waals surface area (Å²) in [5, 5.41) is 8.06. The Labute approximate surface area is 122 Å². The SMILES string of the molecule is CCN1CCOC(CNCc2cn(C)nc2C(C)C)C1. The standard InChI is InChI=1S/C15H28N4O/c1-5-19-6-7-20-14(11-19)9-16-8-13-10-18(4)17-15(13)12(2)3/h10,12,14,16H,5-9,11H2,1-4H3. The Balaban J connectivity index is 1.81. The highest BCUT2D eigenvalue weighted by atomic mass is 16.5. The molecule has 1 fully saturated rings. The monoisotopic (exact) mass is 280 g/mol. The van der Waals surface area contributed by atoms with Gasteiger partial charge in [0, 0.05) is 45.0 Å². The van der Waals surface area contributed by atoms with E-state index < -0.39 is 0 Å². The molecule has 2 heterocycles. The van der Waals surface area contributed by atoms with Crippen LogP contribution in [0, 0.1) is 0 Å². The minimum Gasteiger partial charge on any atom is -0.374 e. The van der Waals surface area contributed by atoms with Crippen molar-refractivity contribution in [2.75, 3.05) is 32.8 Å². The van der Waals surface area contributed by atoms with Crippen LogP contribution in [0.15, 0.2) is 6.20 Å². The molecule has 1 N–H and O–H groups in total. The smallest absolute Gasteiger partial charge is 0.0826 e. The molecule has 0 bridgehead atoms. The number of rotatable bonds is 6. The maximum absolute atomic E-state index is 5.81. The van der Waals surface area contributed by atoms with Crippen LogP contribution in [-0.2, 0) is 18.3 Å². The van der Waals surface area contributed by atoms with E-state index in [0.29, 0.717) is 12.0 Å². The van der Waals surface area contributed by atoms with Gasteiger partial charge in [-0.05, 0) is 12.5 Å². The summed E-state index contributed by atoms with van der Waals surface area (Å²) in [5.41, 5.74) is 2.49. The highest BCUT2D eigenvalue weighted by molar-refractivity contribution is 5.19. The zero-order valence-electron chi connectivity index (χ0n) is 13.2. The summed E-state index contributed by atoms with van der Waals surface area (Å²) >= 11 is 0. The average Bonchev–Trinajstić information content (AvgIpc) is 2.80. The fourth-order valence-electron chi connectivity index (χ4n) is 2.74. The molecule has 0 aromatic carbocycles. The molecule has 2 rings (SSSR count). The van der Waals surface area contributed by atoms with Crippen molar-refractivity contribution in [2.45, 2.75) is 39.3 Å². The van der Waals surface area contributed by atoms with E-state index in [0.717, 1.165) is 39.3 Å². The lowest BCUT2D eigenvalue weighted by Crippen LogP contribution is -2.46. The molecule has 1 aliphatic rings. The number of nitrogens with one attached hydrogen (secondary N) is 1. The van der Waals surface area contributed by atoms with Gasteiger partial charge in [-0.25, -0.2) is 0 Å². The quantitative estimate of drug-likeness (QED) is 0.854. The molecule has 1 aromatic rings. The second-order valence-corrected chi connectivity index (χ2v) is 5.88. The molecule has 0 radical (unpaired) electrons. The zero-order chi connectivity index (χ0) is 14.5. The van der Waals surface area contributed by atoms with Crippen molar-refractivity contribution < 1.29 is 4.74 Å². The normalized spacial score (nSPS) is 20.8. The molecule has 114 valence electrons. The molecule has 0 amide bonds. The Kier molecular flexibility index (Phi) is 5.57. The van der Waals surface area contributed by atoms with Crippen LogP contribution in [-0.4, -0.2) is 53.6 Å². The number of hydrogen-bond donors (Lipinski definition) is 1. The largest absolute Gasteiger partial charge is 0.374 e. The van der Waals surface area contributed by atoms with Crippen LogP contribution in [0.25, 0.3) is 0 Å². The Hall–Kier alpha value is -0.910. The molecule has 5 nitrogen and oxygen atoms in total. The minimum absolute atomic E-state index is 0.308. The van der Waals surface area contributed by atoms with Gasteiger partial charge in [-0.2, -0.15) is 5.10 Å². The lowest BCUT2D eigenvalue weighted by molar-refractivity contribution is -0.0253. The molecule has 1 saturated heterocycles. The minimum atomic E-state index is 0.308. The van der Waals surface area contributed by atoms with Crippen molar-refractivity contribution in [3.05, 3.63) is 17.5 Å². The van der Waals surface area contributed by atoms with E-state index in [2.05, 4.69) is 42.3 Å². The lowest BCUT2D eigenvalue weighted by Gasteiger charge is -2.32. The molecule has 0 aliphatic carbocycles. The van der Waals surface area contributed by atoms with Gasteiger partial charge in [0.05, 0.1) is 18.4 Å². The van der Waals surface area contributed by atoms with Gasteiger partial charge in [-0.1, -0.05) is 20.8 Å². The first-order chi connectivity index (χ1) is 9.60. The molecule has 1 aromatic heterocycles. The second kappa shape index (κ2) is 7.20. The molecule has 1 atom stereocenters. The van der Waals surface area contributed by atoms with Gasteiger partial charge < -0.3 is 10.1 Å². The van der Waals surface area contributed by atoms with Gasteiger partial charge in [-0.3, -0.25) is 9.58 Å². The molecular formula is C15H28N4O. The highest BCUT2D eigenvalue weighted by Gasteiger charge is 2.19. The van der Waals surface area contributed by atoms with Crippen LogP contribution < -0.4 is 5.32 Å². The van der Waals surface area contributed by atoms with Crippen LogP contribution in [0.4, 0.5) is 0 Å². The molecule has 1 unspecified atom stereocenters. The number of nitrogens with zero attached hydrogens (tertiary/aromatic N) is 3. The predicted octanol–water partition coefficient (Wildman–Crippen LogP) is 1.35. The summed E-state index contributed by atoms with van der Waals surface area (Å²) in [4.78, 5) is 2.44. The van der Waals surface area contributed by atoms with Crippen molar-refractivity contribution in [3.8, 4) is 0 Å². The Morgan fingerprint density at radius 1 is 1.50 bits per heavy atom. The second-order valence-electron chi connectivity index (χ2n) is 5.88. The fourth-order valence-corrected chi connectivity index (χ4v) is 2.74. The Bertz CT molecular complexity index is 416. The topological polar surface area (TPSA) is 42.3 Å². The first kappa shape index (κ1) is 15.5. The van der Waals surface area contributed by atoms with E-state index in [1.165, 1.54) is 11.3 Å². The van der Waals surface area contributed by atoms with Crippen LogP contribution in [0.2, 0.25) is 0 Å². The van der Waals surface area contributed by atoms with Crippen molar-refractivity contribution in [2.24, 2.45) is 7.05 Å². The first-order valence-electron chi connectivity index (χ1n) is 7.67. The predicted molar refractivity (Wildman–Crippen MR) is 80.9 cm³/mol. The summed E-state index contributed by atoms with van der Waals surface area (Å²) in [5.74, 6) is 0.467. The maximum Gasteiger partial charge on any atom is 0.0826 e. The van der Waals surface area contributed by atoms with Crippen LogP contribution in [0.1, 0.15) is 37.9 Å². The molecule has 1 aliphatic heterocycles. The highest BCUT2D eigenvalue weighted by Crippen LogP contribution is 2.17. The third-order valence-electron chi connectivity index (χ3n) is 3.84. The van der Waals surface area contributed by atoms with Crippen LogP contribution in [0.3, 0.4) is 0 Å². The van der Waals surface area contributed by atoms with Crippen molar-refractivity contribution in [3.63, 3.8) is 0 Å². The van der Waals surface area contributed by atoms with Crippen LogP contribution in [0.5, 0.6) is 0 Å². The third kappa shape index (κ3) is 4.04. The van der Waals surface area contributed by atoms with E-state index >= 15 is 0 Å². The Morgan fingerprint density at radius 3 is 3.00 bits per heavy atom. The summed E-state index contributed by atoms with van der Waals surface area (Å²) in [6, 6.07) is 0. The number of aryl methyl sites for hydroxylation is 1. The lowest BCUT2D eigenvalue weighted by atomic mass is 10.1. The maximum atomic E-state index is 5.81. The van der Waals surface area contributed by atoms with Crippen molar-refractivity contribution in [1.82, 2.24) is 20.0 Å². The number of hydrogen-bond acceptors (Lipinski definition) is 4. The van der Waals surface area contributed by atoms with Crippen molar-refractivity contribution in [1.29, 1.82) is 0 Å². The van der Waals surface area contributed by atoms with E-state index in [4.69, 9.17) is 4.74 Å². The van der Waals surface area contributed by atoms with E-state index in [1.807, 2.05) is 11.7 Å². The van der Waals surface area contributed by atoms with E-state index in [-0.39, 0.29) is 0 Å². The summed E-state index contributed by atoms with van der Waals surface area (Å²) < 4.78 is 7.71. The molecule has 20 heavy (non-hydrogen) atoms. The first-order valence-corrected chi connectivity index (χ1v) is 7.67. The van der Waals surface area contributed by atoms with Gasteiger partial charge in [0.1, 0.15) is 0 Å².